The molecule has 1 aliphatic rings. The summed E-state index contributed by atoms with van der Waals surface area (Å²) in [7, 11) is -2.28. The van der Waals surface area contributed by atoms with E-state index in [0.29, 0.717) is 11.3 Å². The minimum atomic E-state index is -3.77. The first-order valence-electron chi connectivity index (χ1n) is 12.6. The maximum atomic E-state index is 13.6. The van der Waals surface area contributed by atoms with Crippen molar-refractivity contribution in [2.75, 3.05) is 32.1 Å². The number of rotatable bonds is 8. The fourth-order valence-electron chi connectivity index (χ4n) is 4.35. The van der Waals surface area contributed by atoms with Crippen LogP contribution in [0.5, 0.6) is 5.75 Å². The molecule has 0 unspecified atom stereocenters. The number of likely N-dealkylation sites (N-methyl/N-ethyl adjacent to an activating group) is 1. The van der Waals surface area contributed by atoms with Gasteiger partial charge in [-0.25, -0.2) is 8.42 Å². The molecule has 2 heterocycles. The number of aliphatic hydroxyl groups is 1. The highest BCUT2D eigenvalue weighted by Crippen LogP contribution is 2.31. The fourth-order valence-corrected chi connectivity index (χ4v) is 5.55. The van der Waals surface area contributed by atoms with Gasteiger partial charge in [-0.1, -0.05) is 25.1 Å². The summed E-state index contributed by atoms with van der Waals surface area (Å²) in [6.45, 7) is 3.64. The number of sulfonamides is 1. The molecule has 0 aliphatic carbocycles. The molecular formula is C28H32N4O6S. The molecule has 2 aromatic carbocycles. The number of anilines is 1. The molecule has 0 spiro atoms. The van der Waals surface area contributed by atoms with Crippen LogP contribution in [0.1, 0.15) is 34.6 Å². The number of fused-ring (bicyclic) bond motifs is 1. The van der Waals surface area contributed by atoms with Crippen molar-refractivity contribution in [3.8, 4) is 5.75 Å². The van der Waals surface area contributed by atoms with Crippen molar-refractivity contribution in [2.45, 2.75) is 30.9 Å². The van der Waals surface area contributed by atoms with Gasteiger partial charge < -0.3 is 20.1 Å². The molecule has 2 N–H and O–H groups in total. The van der Waals surface area contributed by atoms with Crippen molar-refractivity contribution in [3.05, 3.63) is 84.2 Å². The number of benzene rings is 2. The summed E-state index contributed by atoms with van der Waals surface area (Å²) in [5.41, 5.74) is 0.998. The molecule has 10 nitrogen and oxygen atoms in total. The van der Waals surface area contributed by atoms with Gasteiger partial charge in [0.05, 0.1) is 29.7 Å². The van der Waals surface area contributed by atoms with E-state index in [1.54, 1.807) is 54.3 Å². The van der Waals surface area contributed by atoms with Crippen LogP contribution in [0.2, 0.25) is 0 Å². The number of hydrogen-bond donors (Lipinski definition) is 2. The molecule has 206 valence electrons. The summed E-state index contributed by atoms with van der Waals surface area (Å²) in [4.78, 5) is 31.9. The number of amides is 2. The van der Waals surface area contributed by atoms with E-state index >= 15 is 0 Å². The first-order valence-corrected chi connectivity index (χ1v) is 14.0. The highest BCUT2D eigenvalue weighted by atomic mass is 32.2. The molecule has 0 fully saturated rings. The van der Waals surface area contributed by atoms with Crippen LogP contribution < -0.4 is 10.1 Å². The molecule has 11 heteroatoms. The molecule has 4 rings (SSSR count). The summed E-state index contributed by atoms with van der Waals surface area (Å²) in [5.74, 6) is -0.729. The number of carbonyl (C=O) groups excluding carboxylic acids is 2. The first-order chi connectivity index (χ1) is 18.6. The summed E-state index contributed by atoms with van der Waals surface area (Å²) in [6.07, 6.45) is 2.42. The smallest absolute Gasteiger partial charge is 0.258 e. The average molecular weight is 553 g/mol. The third-order valence-electron chi connectivity index (χ3n) is 6.75. The number of aromatic nitrogens is 1. The minimum absolute atomic E-state index is 0.0356. The van der Waals surface area contributed by atoms with E-state index in [1.165, 1.54) is 41.9 Å². The normalized spacial score (nSPS) is 18.5. The van der Waals surface area contributed by atoms with E-state index in [1.807, 2.05) is 6.92 Å². The van der Waals surface area contributed by atoms with Gasteiger partial charge in [-0.2, -0.15) is 4.31 Å². The maximum Gasteiger partial charge on any atom is 0.258 e. The Morgan fingerprint density at radius 1 is 1.18 bits per heavy atom. The largest absolute Gasteiger partial charge is 0.488 e. The average Bonchev–Trinajstić information content (AvgIpc) is 2.95. The zero-order valence-corrected chi connectivity index (χ0v) is 22.8. The maximum absolute atomic E-state index is 13.6. The topological polar surface area (TPSA) is 129 Å². The van der Waals surface area contributed by atoms with Crippen LogP contribution in [0.15, 0.2) is 78.0 Å². The van der Waals surface area contributed by atoms with Crippen molar-refractivity contribution in [1.29, 1.82) is 0 Å². The standard InChI is InChI=1S/C28H32N4O6S/c1-19-16-32(20(2)18-33)28(35)24-15-22(30-27(34)21-11-13-29-14-12-21)9-10-25(24)38-26(19)17-31(3)39(36,37)23-7-5-4-6-8-23/h4-15,19-20,26,33H,16-18H2,1-3H3,(H,30,34)/t19-,20-,26-/m0/s1. The Labute approximate surface area is 228 Å². The molecule has 3 aromatic rings. The Morgan fingerprint density at radius 3 is 2.54 bits per heavy atom. The lowest BCUT2D eigenvalue weighted by atomic mass is 9.99. The summed E-state index contributed by atoms with van der Waals surface area (Å²) in [5, 5.41) is 12.7. The number of hydrogen-bond acceptors (Lipinski definition) is 7. The molecule has 0 saturated carbocycles. The van der Waals surface area contributed by atoms with E-state index in [9.17, 15) is 23.1 Å². The Balaban J connectivity index is 1.65. The third-order valence-corrected chi connectivity index (χ3v) is 8.59. The molecule has 0 bridgehead atoms. The second-order valence-electron chi connectivity index (χ2n) is 9.62. The molecular weight excluding hydrogens is 520 g/mol. The van der Waals surface area contributed by atoms with Crippen LogP contribution in [-0.4, -0.2) is 78.4 Å². The Hall–Kier alpha value is -3.80. The van der Waals surface area contributed by atoms with Gasteiger partial charge in [-0.15, -0.1) is 0 Å². The van der Waals surface area contributed by atoms with Crippen LogP contribution in [0.25, 0.3) is 0 Å². The van der Waals surface area contributed by atoms with E-state index in [2.05, 4.69) is 10.3 Å². The number of nitrogens with zero attached hydrogens (tertiary/aromatic N) is 3. The second kappa shape index (κ2) is 11.9. The highest BCUT2D eigenvalue weighted by Gasteiger charge is 2.35. The fraction of sp³-hybridized carbons (Fsp3) is 0.321. The number of nitrogens with one attached hydrogen (secondary N) is 1. The van der Waals surface area contributed by atoms with Crippen LogP contribution in [0.3, 0.4) is 0 Å². The van der Waals surface area contributed by atoms with Gasteiger partial charge in [0.25, 0.3) is 11.8 Å². The Morgan fingerprint density at radius 2 is 1.87 bits per heavy atom. The SMILES string of the molecule is C[C@H]1CN([C@@H](C)CO)C(=O)c2cc(NC(=O)c3ccncc3)ccc2O[C@H]1CN(C)S(=O)(=O)c1ccccc1. The molecule has 1 aliphatic heterocycles. The molecule has 2 amide bonds. The van der Waals surface area contributed by atoms with Gasteiger partial charge in [-0.05, 0) is 49.4 Å². The Bertz CT molecular complexity index is 1420. The number of ether oxygens (including phenoxy) is 1. The van der Waals surface area contributed by atoms with Gasteiger partial charge in [0, 0.05) is 43.2 Å². The number of carbonyl (C=O) groups is 2. The first kappa shape index (κ1) is 28.2. The molecule has 1 aromatic heterocycles. The van der Waals surface area contributed by atoms with Gasteiger partial charge in [0.1, 0.15) is 11.9 Å². The lowest BCUT2D eigenvalue weighted by Crippen LogP contribution is -2.50. The van der Waals surface area contributed by atoms with Crippen molar-refractivity contribution in [3.63, 3.8) is 0 Å². The lowest BCUT2D eigenvalue weighted by molar-refractivity contribution is 0.0387. The van der Waals surface area contributed by atoms with Gasteiger partial charge in [0.15, 0.2) is 0 Å². The predicted molar refractivity (Wildman–Crippen MR) is 146 cm³/mol. The van der Waals surface area contributed by atoms with Gasteiger partial charge >= 0.3 is 0 Å². The quantitative estimate of drug-likeness (QED) is 0.440. The minimum Gasteiger partial charge on any atom is -0.488 e. The predicted octanol–water partition coefficient (Wildman–Crippen LogP) is 2.87. The second-order valence-corrected chi connectivity index (χ2v) is 11.7. The molecule has 39 heavy (non-hydrogen) atoms. The molecule has 0 radical (unpaired) electrons. The van der Waals surface area contributed by atoms with Crippen molar-refractivity contribution in [1.82, 2.24) is 14.2 Å². The number of pyridine rings is 1. The zero-order valence-electron chi connectivity index (χ0n) is 22.0. The van der Waals surface area contributed by atoms with Crippen molar-refractivity contribution >= 4 is 27.5 Å². The summed E-state index contributed by atoms with van der Waals surface area (Å²) < 4.78 is 33.9. The van der Waals surface area contributed by atoms with Gasteiger partial charge in [0.2, 0.25) is 10.0 Å². The highest BCUT2D eigenvalue weighted by molar-refractivity contribution is 7.89. The summed E-state index contributed by atoms with van der Waals surface area (Å²) >= 11 is 0. The summed E-state index contributed by atoms with van der Waals surface area (Å²) in [6, 6.07) is 15.6. The van der Waals surface area contributed by atoms with E-state index in [4.69, 9.17) is 4.74 Å². The van der Waals surface area contributed by atoms with Crippen LogP contribution >= 0.6 is 0 Å². The third kappa shape index (κ3) is 6.27. The van der Waals surface area contributed by atoms with E-state index in [-0.39, 0.29) is 53.6 Å². The van der Waals surface area contributed by atoms with Crippen LogP contribution in [-0.2, 0) is 10.0 Å². The van der Waals surface area contributed by atoms with Gasteiger partial charge in [-0.3, -0.25) is 14.6 Å². The van der Waals surface area contributed by atoms with Crippen LogP contribution in [0.4, 0.5) is 5.69 Å². The van der Waals surface area contributed by atoms with Crippen molar-refractivity contribution in [2.24, 2.45) is 5.92 Å². The Kier molecular flexibility index (Phi) is 8.63. The monoisotopic (exact) mass is 552 g/mol. The number of aliphatic hydroxyl groups excluding tert-OH is 1. The lowest BCUT2D eigenvalue weighted by Gasteiger charge is -2.38. The van der Waals surface area contributed by atoms with Crippen molar-refractivity contribution < 1.29 is 27.9 Å². The van der Waals surface area contributed by atoms with Crippen LogP contribution in [0, 0.1) is 5.92 Å². The van der Waals surface area contributed by atoms with E-state index < -0.39 is 22.2 Å². The molecule has 0 saturated heterocycles. The molecule has 3 atom stereocenters. The van der Waals surface area contributed by atoms with E-state index in [0.717, 1.165) is 0 Å². The zero-order chi connectivity index (χ0) is 28.2.